The van der Waals surface area contributed by atoms with Crippen molar-refractivity contribution in [3.05, 3.63) is 47.6 Å². The fourth-order valence-electron chi connectivity index (χ4n) is 1.21. The van der Waals surface area contributed by atoms with Gasteiger partial charge in [-0.05, 0) is 45.6 Å². The lowest BCUT2D eigenvalue weighted by molar-refractivity contribution is -0.104. The summed E-state index contributed by atoms with van der Waals surface area (Å²) in [5.41, 5.74) is 3.39. The first kappa shape index (κ1) is 14.6. The largest absolute Gasteiger partial charge is 0.298 e. The molecular formula is C15H22O. The molecule has 0 atom stereocenters. The van der Waals surface area contributed by atoms with Crippen LogP contribution >= 0.6 is 0 Å². The van der Waals surface area contributed by atoms with Crippen LogP contribution in [0.25, 0.3) is 0 Å². The minimum Gasteiger partial charge on any atom is -0.298 e. The average molecular weight is 218 g/mol. The Morgan fingerprint density at radius 3 is 2.31 bits per heavy atom. The van der Waals surface area contributed by atoms with E-state index in [0.29, 0.717) is 0 Å². The number of hydrogen-bond donors (Lipinski definition) is 0. The van der Waals surface area contributed by atoms with Crippen LogP contribution in [0.5, 0.6) is 0 Å². The van der Waals surface area contributed by atoms with Crippen molar-refractivity contribution in [2.45, 2.75) is 40.0 Å². The maximum Gasteiger partial charge on any atom is 0.145 e. The van der Waals surface area contributed by atoms with Crippen molar-refractivity contribution in [2.24, 2.45) is 0 Å². The fourth-order valence-corrected chi connectivity index (χ4v) is 1.21. The highest BCUT2D eigenvalue weighted by Gasteiger charge is 1.89. The van der Waals surface area contributed by atoms with Crippen molar-refractivity contribution in [1.82, 2.24) is 0 Å². The van der Waals surface area contributed by atoms with E-state index in [-0.39, 0.29) is 0 Å². The summed E-state index contributed by atoms with van der Waals surface area (Å²) in [6.45, 7) is 9.72. The first-order valence-corrected chi connectivity index (χ1v) is 5.67. The van der Waals surface area contributed by atoms with E-state index in [2.05, 4.69) is 25.7 Å². The van der Waals surface area contributed by atoms with Crippen molar-refractivity contribution < 1.29 is 4.79 Å². The molecule has 0 radical (unpaired) electrons. The van der Waals surface area contributed by atoms with Gasteiger partial charge in [0.05, 0.1) is 0 Å². The minimum atomic E-state index is 0.815. The molecule has 0 saturated heterocycles. The first-order valence-electron chi connectivity index (χ1n) is 5.67. The molecule has 0 N–H and O–H groups in total. The van der Waals surface area contributed by atoms with Gasteiger partial charge >= 0.3 is 0 Å². The molecule has 0 unspecified atom stereocenters. The molecule has 0 spiro atoms. The van der Waals surface area contributed by atoms with Gasteiger partial charge in [-0.15, -0.1) is 0 Å². The summed E-state index contributed by atoms with van der Waals surface area (Å²) in [5, 5.41) is 0. The zero-order chi connectivity index (χ0) is 12.4. The van der Waals surface area contributed by atoms with Gasteiger partial charge in [0.25, 0.3) is 0 Å². The molecule has 0 aliphatic rings. The second-order valence-electron chi connectivity index (χ2n) is 4.04. The van der Waals surface area contributed by atoms with E-state index in [1.165, 1.54) is 11.1 Å². The van der Waals surface area contributed by atoms with Gasteiger partial charge in [0.2, 0.25) is 0 Å². The maximum atomic E-state index is 10.4. The lowest BCUT2D eigenvalue weighted by atomic mass is 10.1. The number of aldehydes is 1. The van der Waals surface area contributed by atoms with E-state index in [9.17, 15) is 4.79 Å². The number of allylic oxidation sites excluding steroid dienone is 7. The van der Waals surface area contributed by atoms with Crippen molar-refractivity contribution in [1.29, 1.82) is 0 Å². The predicted octanol–water partition coefficient (Wildman–Crippen LogP) is 4.38. The van der Waals surface area contributed by atoms with Crippen molar-refractivity contribution in [3.63, 3.8) is 0 Å². The Hall–Kier alpha value is -1.37. The fraction of sp³-hybridized carbons (Fsp3) is 0.400. The Balaban J connectivity index is 3.97. The van der Waals surface area contributed by atoms with Crippen molar-refractivity contribution in [2.75, 3.05) is 0 Å². The monoisotopic (exact) mass is 218 g/mol. The molecule has 0 aliphatic carbocycles. The zero-order valence-electron chi connectivity index (χ0n) is 10.6. The normalized spacial score (nSPS) is 13.8. The van der Waals surface area contributed by atoms with Gasteiger partial charge in [-0.2, -0.15) is 0 Å². The van der Waals surface area contributed by atoms with E-state index in [1.54, 1.807) is 0 Å². The maximum absolute atomic E-state index is 10.4. The standard InChI is InChI=1S/C15H22O/c1-5-13(2)8-6-9-14(3)10-7-11-15(4)12-16/h5,8-9,11-12H,1,6-7,10H2,2-4H3/b13-8+,14-9+,15-11-. The summed E-state index contributed by atoms with van der Waals surface area (Å²) in [7, 11) is 0. The number of rotatable bonds is 7. The Bertz CT molecular complexity index is 316. The summed E-state index contributed by atoms with van der Waals surface area (Å²) in [6.07, 6.45) is 12.0. The highest BCUT2D eigenvalue weighted by Crippen LogP contribution is 2.08. The van der Waals surface area contributed by atoms with E-state index in [4.69, 9.17) is 0 Å². The molecular weight excluding hydrogens is 196 g/mol. The van der Waals surface area contributed by atoms with Crippen LogP contribution < -0.4 is 0 Å². The van der Waals surface area contributed by atoms with Gasteiger partial charge in [0.15, 0.2) is 0 Å². The van der Waals surface area contributed by atoms with Gasteiger partial charge < -0.3 is 0 Å². The topological polar surface area (TPSA) is 17.1 Å². The third kappa shape index (κ3) is 7.98. The van der Waals surface area contributed by atoms with E-state index in [0.717, 1.165) is 31.1 Å². The molecule has 0 bridgehead atoms. The molecule has 0 aromatic carbocycles. The molecule has 1 heteroatoms. The minimum absolute atomic E-state index is 0.815. The smallest absolute Gasteiger partial charge is 0.145 e. The molecule has 1 nitrogen and oxygen atoms in total. The molecule has 16 heavy (non-hydrogen) atoms. The van der Waals surface area contributed by atoms with Crippen LogP contribution in [0.4, 0.5) is 0 Å². The van der Waals surface area contributed by atoms with Crippen LogP contribution in [0.2, 0.25) is 0 Å². The molecule has 0 aromatic rings. The van der Waals surface area contributed by atoms with Gasteiger partial charge in [0, 0.05) is 0 Å². The summed E-state index contributed by atoms with van der Waals surface area (Å²) < 4.78 is 0. The molecule has 0 rings (SSSR count). The molecule has 0 amide bonds. The van der Waals surface area contributed by atoms with Crippen LogP contribution in [0.3, 0.4) is 0 Å². The predicted molar refractivity (Wildman–Crippen MR) is 71.4 cm³/mol. The molecule has 0 aromatic heterocycles. The zero-order valence-corrected chi connectivity index (χ0v) is 10.6. The third-order valence-electron chi connectivity index (χ3n) is 2.42. The van der Waals surface area contributed by atoms with Crippen LogP contribution in [0.15, 0.2) is 47.6 Å². The highest BCUT2D eigenvalue weighted by molar-refractivity contribution is 5.71. The number of carbonyl (C=O) groups excluding carboxylic acids is 1. The lowest BCUT2D eigenvalue weighted by Gasteiger charge is -1.97. The van der Waals surface area contributed by atoms with Crippen molar-refractivity contribution in [3.8, 4) is 0 Å². The van der Waals surface area contributed by atoms with Gasteiger partial charge in [-0.3, -0.25) is 4.79 Å². The quantitative estimate of drug-likeness (QED) is 0.268. The third-order valence-corrected chi connectivity index (χ3v) is 2.42. The number of hydrogen-bond acceptors (Lipinski definition) is 1. The van der Waals surface area contributed by atoms with Crippen molar-refractivity contribution >= 4 is 6.29 Å². The second-order valence-corrected chi connectivity index (χ2v) is 4.04. The second kappa shape index (κ2) is 8.90. The number of carbonyl (C=O) groups is 1. The summed E-state index contributed by atoms with van der Waals surface area (Å²) in [5.74, 6) is 0. The molecule has 0 heterocycles. The molecule has 0 saturated carbocycles. The summed E-state index contributed by atoms with van der Waals surface area (Å²) in [6, 6.07) is 0. The lowest BCUT2D eigenvalue weighted by Crippen LogP contribution is -1.80. The Morgan fingerprint density at radius 1 is 1.06 bits per heavy atom. The van der Waals surface area contributed by atoms with Gasteiger partial charge in [0.1, 0.15) is 6.29 Å². The molecule has 0 fully saturated rings. The Morgan fingerprint density at radius 2 is 1.75 bits per heavy atom. The van der Waals surface area contributed by atoms with Gasteiger partial charge in [-0.25, -0.2) is 0 Å². The van der Waals surface area contributed by atoms with Crippen LogP contribution in [0.1, 0.15) is 40.0 Å². The van der Waals surface area contributed by atoms with Crippen LogP contribution in [0, 0.1) is 0 Å². The van der Waals surface area contributed by atoms with Crippen LogP contribution in [-0.4, -0.2) is 6.29 Å². The van der Waals surface area contributed by atoms with Gasteiger partial charge in [-0.1, -0.05) is 42.0 Å². The summed E-state index contributed by atoms with van der Waals surface area (Å²) >= 11 is 0. The SMILES string of the molecule is C=C/C(C)=C/C/C=C(\C)CC/C=C(/C)C=O. The highest BCUT2D eigenvalue weighted by atomic mass is 16.1. The molecule has 0 aliphatic heterocycles. The Labute approximate surface area is 99.3 Å². The van der Waals surface area contributed by atoms with Crippen LogP contribution in [-0.2, 0) is 4.79 Å². The van der Waals surface area contributed by atoms with E-state index in [1.807, 2.05) is 26.0 Å². The molecule has 88 valence electrons. The Kier molecular flexibility index (Phi) is 8.14. The summed E-state index contributed by atoms with van der Waals surface area (Å²) in [4.78, 5) is 10.4. The van der Waals surface area contributed by atoms with E-state index >= 15 is 0 Å². The van der Waals surface area contributed by atoms with E-state index < -0.39 is 0 Å². The average Bonchev–Trinajstić information content (AvgIpc) is 2.28. The first-order chi connectivity index (χ1) is 7.60.